The molecule has 0 amide bonds. The molecule has 10 nitrogen and oxygen atoms in total. The van der Waals surface area contributed by atoms with Crippen LogP contribution in [-0.2, 0) is 16.0 Å². The van der Waals surface area contributed by atoms with Gasteiger partial charge in [-0.05, 0) is 37.4 Å². The van der Waals surface area contributed by atoms with E-state index in [0.29, 0.717) is 28.3 Å². The molecule has 0 radical (unpaired) electrons. The highest BCUT2D eigenvalue weighted by Gasteiger charge is 2.07. The molecule has 0 bridgehead atoms. The lowest BCUT2D eigenvalue weighted by Crippen LogP contribution is -2.33. The molecule has 0 saturated carbocycles. The number of hydrogen-bond acceptors (Lipinski definition) is 6. The molecule has 1 unspecified atom stereocenters. The van der Waals surface area contributed by atoms with Crippen molar-refractivity contribution < 1.29 is 19.8 Å². The normalized spacial score (nSPS) is 11.1. The molecule has 0 aromatic carbocycles. The molecule has 156 valence electrons. The van der Waals surface area contributed by atoms with Crippen LogP contribution in [0, 0.1) is 5.92 Å². The number of hydrogen-bond donors (Lipinski definition) is 6. The Morgan fingerprint density at radius 1 is 1.36 bits per heavy atom. The van der Waals surface area contributed by atoms with E-state index in [4.69, 9.17) is 33.9 Å². The number of nitrogens with zero attached hydrogens (tertiary/aromatic N) is 2. The summed E-state index contributed by atoms with van der Waals surface area (Å²) in [6.07, 6.45) is 4.25. The summed E-state index contributed by atoms with van der Waals surface area (Å²) in [6.45, 7) is 3.11. The molecule has 0 spiro atoms. The number of nitrogens with two attached hydrogens (primary N) is 2. The second kappa shape index (κ2) is 14.3. The Kier molecular flexibility index (Phi) is 12.9. The van der Waals surface area contributed by atoms with Crippen molar-refractivity contribution in [3.8, 4) is 0 Å². The van der Waals surface area contributed by atoms with Crippen molar-refractivity contribution in [1.82, 2.24) is 15.6 Å². The lowest BCUT2D eigenvalue weighted by molar-refractivity contribution is -0.134. The summed E-state index contributed by atoms with van der Waals surface area (Å²) < 4.78 is 0. The highest BCUT2D eigenvalue weighted by atomic mass is 32.1. The van der Waals surface area contributed by atoms with Crippen molar-refractivity contribution >= 4 is 51.7 Å². The van der Waals surface area contributed by atoms with Gasteiger partial charge in [-0.2, -0.15) is 4.99 Å². The smallest absolute Gasteiger partial charge is 0.328 e. The fraction of sp³-hybridized carbons (Fsp3) is 0.438. The molecule has 0 aliphatic rings. The van der Waals surface area contributed by atoms with Crippen LogP contribution >= 0.6 is 23.6 Å². The molecule has 1 rings (SSSR count). The largest absolute Gasteiger partial charge is 0.478 e. The van der Waals surface area contributed by atoms with E-state index in [0.717, 1.165) is 31.5 Å². The molecule has 1 atom stereocenters. The molecule has 28 heavy (non-hydrogen) atoms. The lowest BCUT2D eigenvalue weighted by atomic mass is 10.0. The molecule has 0 aliphatic carbocycles. The van der Waals surface area contributed by atoms with Gasteiger partial charge in [-0.15, -0.1) is 11.3 Å². The zero-order valence-electron chi connectivity index (χ0n) is 15.7. The Labute approximate surface area is 172 Å². The third-order valence-corrected chi connectivity index (χ3v) is 4.21. The zero-order chi connectivity index (χ0) is 21.5. The Hall–Kier alpha value is -2.73. The first-order chi connectivity index (χ1) is 13.1. The maximum absolute atomic E-state index is 9.55. The first kappa shape index (κ1) is 25.3. The summed E-state index contributed by atoms with van der Waals surface area (Å²) in [6, 6.07) is 0. The van der Waals surface area contributed by atoms with Gasteiger partial charge in [-0.25, -0.2) is 14.6 Å². The van der Waals surface area contributed by atoms with Gasteiger partial charge < -0.3 is 32.3 Å². The molecule has 0 fully saturated rings. The van der Waals surface area contributed by atoms with Crippen LogP contribution in [0.4, 0.5) is 5.13 Å². The number of carboxylic acid groups (broad SMARTS) is 2. The van der Waals surface area contributed by atoms with E-state index >= 15 is 0 Å². The standard InChI is InChI=1S/C12H22N6S2.C4H4O4/c1-8(4-3-5-16-11(19)15-2)6-9-7-20-12(17-9)18-10(13)14;5-3(6)1-2-4(7)8/h7-8H,3-6H2,1-2H3,(H2,15,16,19)(H4,13,14,17,18);1-2H,(H,5,6)(H,7,8)/b;2-1-. The summed E-state index contributed by atoms with van der Waals surface area (Å²) in [5, 5.41) is 25.0. The Bertz CT molecular complexity index is 685. The van der Waals surface area contributed by atoms with E-state index < -0.39 is 11.9 Å². The van der Waals surface area contributed by atoms with Gasteiger partial charge in [0.1, 0.15) is 0 Å². The predicted octanol–water partition coefficient (Wildman–Crippen LogP) is 0.813. The van der Waals surface area contributed by atoms with Gasteiger partial charge in [0.25, 0.3) is 0 Å². The van der Waals surface area contributed by atoms with Crippen molar-refractivity contribution in [1.29, 1.82) is 0 Å². The van der Waals surface area contributed by atoms with Crippen LogP contribution in [0.5, 0.6) is 0 Å². The number of carbonyl (C=O) groups is 2. The van der Waals surface area contributed by atoms with Gasteiger partial charge in [-0.3, -0.25) is 0 Å². The van der Waals surface area contributed by atoms with Gasteiger partial charge in [-0.1, -0.05) is 6.92 Å². The van der Waals surface area contributed by atoms with E-state index in [1.165, 1.54) is 11.3 Å². The number of aliphatic imine (C=N–C) groups is 1. The minimum Gasteiger partial charge on any atom is -0.478 e. The van der Waals surface area contributed by atoms with Crippen molar-refractivity contribution in [3.63, 3.8) is 0 Å². The second-order valence-corrected chi connectivity index (χ2v) is 6.87. The van der Waals surface area contributed by atoms with Gasteiger partial charge >= 0.3 is 11.9 Å². The van der Waals surface area contributed by atoms with E-state index in [-0.39, 0.29) is 5.96 Å². The van der Waals surface area contributed by atoms with E-state index in [1.54, 1.807) is 0 Å². The number of aromatic nitrogens is 1. The molecule has 8 N–H and O–H groups in total. The number of aliphatic carboxylic acids is 2. The first-order valence-electron chi connectivity index (χ1n) is 8.27. The SMILES string of the molecule is CNC(=S)NCCCC(C)Cc1csc(N=C(N)N)n1.O=C(O)/C=C\C(=O)O. The van der Waals surface area contributed by atoms with Crippen LogP contribution in [0.2, 0.25) is 0 Å². The number of thiazole rings is 1. The molecule has 0 aliphatic heterocycles. The Morgan fingerprint density at radius 3 is 2.46 bits per heavy atom. The number of carboxylic acids is 2. The minimum atomic E-state index is -1.26. The van der Waals surface area contributed by atoms with Crippen LogP contribution in [0.1, 0.15) is 25.5 Å². The Morgan fingerprint density at radius 2 is 1.96 bits per heavy atom. The van der Waals surface area contributed by atoms with Crippen LogP contribution < -0.4 is 22.1 Å². The number of nitrogens with one attached hydrogen (secondary N) is 2. The maximum atomic E-state index is 9.55. The van der Waals surface area contributed by atoms with Gasteiger partial charge in [0, 0.05) is 31.1 Å². The summed E-state index contributed by atoms with van der Waals surface area (Å²) >= 11 is 6.47. The molecule has 12 heteroatoms. The first-order valence-corrected chi connectivity index (χ1v) is 9.56. The van der Waals surface area contributed by atoms with Crippen LogP contribution in [0.25, 0.3) is 0 Å². The topological polar surface area (TPSA) is 176 Å². The van der Waals surface area contributed by atoms with Crippen molar-refractivity contribution in [2.75, 3.05) is 13.6 Å². The lowest BCUT2D eigenvalue weighted by Gasteiger charge is -2.11. The van der Waals surface area contributed by atoms with E-state index in [2.05, 4.69) is 27.5 Å². The molecule has 1 aromatic heterocycles. The van der Waals surface area contributed by atoms with Gasteiger partial charge in [0.2, 0.25) is 5.13 Å². The maximum Gasteiger partial charge on any atom is 0.328 e. The highest BCUT2D eigenvalue weighted by Crippen LogP contribution is 2.21. The third kappa shape index (κ3) is 14.4. The monoisotopic (exact) mass is 430 g/mol. The van der Waals surface area contributed by atoms with Crippen LogP contribution in [0.15, 0.2) is 22.5 Å². The molecular formula is C16H26N6O4S2. The number of rotatable bonds is 9. The van der Waals surface area contributed by atoms with Crippen LogP contribution in [-0.4, -0.2) is 51.8 Å². The summed E-state index contributed by atoms with van der Waals surface area (Å²) in [4.78, 5) is 27.4. The predicted molar refractivity (Wildman–Crippen MR) is 114 cm³/mol. The second-order valence-electron chi connectivity index (χ2n) is 5.63. The van der Waals surface area contributed by atoms with Crippen molar-refractivity contribution in [2.24, 2.45) is 22.4 Å². The van der Waals surface area contributed by atoms with Crippen LogP contribution in [0.3, 0.4) is 0 Å². The number of guanidine groups is 1. The fourth-order valence-corrected chi connectivity index (χ4v) is 2.71. The van der Waals surface area contributed by atoms with Gasteiger partial charge in [0.15, 0.2) is 11.1 Å². The number of thiocarbonyl (C=S) groups is 1. The fourth-order valence-electron chi connectivity index (χ4n) is 1.89. The van der Waals surface area contributed by atoms with Crippen molar-refractivity contribution in [2.45, 2.75) is 26.2 Å². The van der Waals surface area contributed by atoms with E-state index in [9.17, 15) is 9.59 Å². The average molecular weight is 431 g/mol. The summed E-state index contributed by atoms with van der Waals surface area (Å²) in [5.74, 6) is -1.90. The third-order valence-electron chi connectivity index (χ3n) is 3.08. The molecule has 0 saturated heterocycles. The van der Waals surface area contributed by atoms with Gasteiger partial charge in [0.05, 0.1) is 5.69 Å². The summed E-state index contributed by atoms with van der Waals surface area (Å²) in [7, 11) is 1.81. The quantitative estimate of drug-likeness (QED) is 0.108. The molecular weight excluding hydrogens is 404 g/mol. The minimum absolute atomic E-state index is 0.0468. The molecule has 1 aromatic rings. The zero-order valence-corrected chi connectivity index (χ0v) is 17.3. The van der Waals surface area contributed by atoms with Crippen molar-refractivity contribution in [3.05, 3.63) is 23.2 Å². The average Bonchev–Trinajstić information content (AvgIpc) is 3.03. The highest BCUT2D eigenvalue weighted by molar-refractivity contribution is 7.80. The Balaban J connectivity index is 0.000000769. The molecule has 1 heterocycles. The van der Waals surface area contributed by atoms with E-state index in [1.807, 2.05) is 12.4 Å². The summed E-state index contributed by atoms with van der Waals surface area (Å²) in [5.41, 5.74) is 11.7.